The molecule has 2 rings (SSSR count). The zero-order valence-corrected chi connectivity index (χ0v) is 10.9. The van der Waals surface area contributed by atoms with Crippen molar-refractivity contribution in [2.45, 2.75) is 38.5 Å². The van der Waals surface area contributed by atoms with Crippen molar-refractivity contribution in [3.63, 3.8) is 0 Å². The molecule has 2 aromatic carbocycles. The molecule has 1 atom stereocenters. The molecule has 0 saturated heterocycles. The van der Waals surface area contributed by atoms with E-state index in [1.807, 2.05) is 18.2 Å². The molecule has 0 bridgehead atoms. The monoisotopic (exact) mass is 240 g/mol. The number of hydrogen-bond donors (Lipinski definition) is 0. The molecule has 0 saturated carbocycles. The molecule has 18 heavy (non-hydrogen) atoms. The van der Waals surface area contributed by atoms with Crippen LogP contribution < -0.4 is 0 Å². The summed E-state index contributed by atoms with van der Waals surface area (Å²) in [7, 11) is 0. The second-order valence-electron chi connectivity index (χ2n) is 4.81. The zero-order chi connectivity index (χ0) is 12.8. The Morgan fingerprint density at radius 1 is 1.06 bits per heavy atom. The molecule has 0 aliphatic carbocycles. The fourth-order valence-electron chi connectivity index (χ4n) is 2.48. The Hall–Kier alpha value is -1.63. The highest BCUT2D eigenvalue weighted by atomic mass is 16.1. The second kappa shape index (κ2) is 6.34. The second-order valence-corrected chi connectivity index (χ2v) is 4.81. The first kappa shape index (κ1) is 12.8. The molecule has 0 aliphatic rings. The number of hydrogen-bond acceptors (Lipinski definition) is 1. The summed E-state index contributed by atoms with van der Waals surface area (Å²) in [5.74, 6) is 0.0441. The van der Waals surface area contributed by atoms with Crippen molar-refractivity contribution in [2.75, 3.05) is 0 Å². The van der Waals surface area contributed by atoms with Gasteiger partial charge in [-0.25, -0.2) is 0 Å². The fraction of sp³-hybridized carbons (Fsp3) is 0.353. The van der Waals surface area contributed by atoms with Crippen LogP contribution in [0.1, 0.15) is 44.1 Å². The van der Waals surface area contributed by atoms with Gasteiger partial charge < -0.3 is 4.79 Å². The van der Waals surface area contributed by atoms with Crippen molar-refractivity contribution >= 4 is 17.1 Å². The van der Waals surface area contributed by atoms with Gasteiger partial charge in [0.15, 0.2) is 0 Å². The van der Waals surface area contributed by atoms with E-state index in [1.54, 1.807) is 0 Å². The van der Waals surface area contributed by atoms with Crippen LogP contribution in [0.3, 0.4) is 0 Å². The van der Waals surface area contributed by atoms with Crippen LogP contribution in [0.2, 0.25) is 0 Å². The highest BCUT2D eigenvalue weighted by Crippen LogP contribution is 2.28. The maximum atomic E-state index is 11.3. The van der Waals surface area contributed by atoms with Gasteiger partial charge >= 0.3 is 0 Å². The molecule has 0 amide bonds. The van der Waals surface area contributed by atoms with E-state index in [1.165, 1.54) is 29.2 Å². The highest BCUT2D eigenvalue weighted by molar-refractivity contribution is 5.88. The molecule has 0 aliphatic heterocycles. The minimum atomic E-state index is 0.0441. The maximum Gasteiger partial charge on any atom is 0.127 e. The van der Waals surface area contributed by atoms with Crippen molar-refractivity contribution < 1.29 is 4.79 Å². The smallest absolute Gasteiger partial charge is 0.127 e. The van der Waals surface area contributed by atoms with Crippen molar-refractivity contribution in [1.82, 2.24) is 0 Å². The SMILES string of the molecule is CCCCCC(C=O)c1cccc2ccccc12. The molecule has 0 aromatic heterocycles. The van der Waals surface area contributed by atoms with Crippen molar-refractivity contribution in [1.29, 1.82) is 0 Å². The lowest BCUT2D eigenvalue weighted by molar-refractivity contribution is -0.109. The lowest BCUT2D eigenvalue weighted by atomic mass is 9.90. The van der Waals surface area contributed by atoms with E-state index in [0.717, 1.165) is 19.1 Å². The molecule has 0 spiro atoms. The summed E-state index contributed by atoms with van der Waals surface area (Å²) >= 11 is 0. The largest absolute Gasteiger partial charge is 0.303 e. The van der Waals surface area contributed by atoms with Crippen LogP contribution in [-0.2, 0) is 4.79 Å². The van der Waals surface area contributed by atoms with Crippen molar-refractivity contribution in [3.05, 3.63) is 48.0 Å². The number of benzene rings is 2. The Bertz CT molecular complexity index is 511. The van der Waals surface area contributed by atoms with Gasteiger partial charge in [-0.2, -0.15) is 0 Å². The molecule has 1 nitrogen and oxygen atoms in total. The first-order chi connectivity index (χ1) is 8.86. The van der Waals surface area contributed by atoms with Gasteiger partial charge in [0.25, 0.3) is 0 Å². The average molecular weight is 240 g/mol. The van der Waals surface area contributed by atoms with Gasteiger partial charge in [0.05, 0.1) is 0 Å². The van der Waals surface area contributed by atoms with Gasteiger partial charge in [-0.15, -0.1) is 0 Å². The fourth-order valence-corrected chi connectivity index (χ4v) is 2.48. The third-order valence-electron chi connectivity index (χ3n) is 3.51. The minimum Gasteiger partial charge on any atom is -0.303 e. The number of carbonyl (C=O) groups excluding carboxylic acids is 1. The van der Waals surface area contributed by atoms with Gasteiger partial charge in [-0.05, 0) is 22.8 Å². The van der Waals surface area contributed by atoms with E-state index in [4.69, 9.17) is 0 Å². The zero-order valence-electron chi connectivity index (χ0n) is 10.9. The molecule has 1 heteroatoms. The van der Waals surface area contributed by atoms with Crippen LogP contribution >= 0.6 is 0 Å². The van der Waals surface area contributed by atoms with Crippen LogP contribution in [0.25, 0.3) is 10.8 Å². The topological polar surface area (TPSA) is 17.1 Å². The average Bonchev–Trinajstić information content (AvgIpc) is 2.43. The van der Waals surface area contributed by atoms with Gasteiger partial charge in [-0.1, -0.05) is 68.7 Å². The van der Waals surface area contributed by atoms with E-state index in [0.29, 0.717) is 0 Å². The van der Waals surface area contributed by atoms with E-state index >= 15 is 0 Å². The first-order valence-corrected chi connectivity index (χ1v) is 6.79. The Morgan fingerprint density at radius 3 is 2.61 bits per heavy atom. The summed E-state index contributed by atoms with van der Waals surface area (Å²) in [6.07, 6.45) is 5.60. The Morgan fingerprint density at radius 2 is 1.83 bits per heavy atom. The van der Waals surface area contributed by atoms with E-state index in [-0.39, 0.29) is 5.92 Å². The number of carbonyl (C=O) groups is 1. The molecular formula is C17H20O. The van der Waals surface area contributed by atoms with Crippen LogP contribution in [0, 0.1) is 0 Å². The summed E-state index contributed by atoms with van der Waals surface area (Å²) < 4.78 is 0. The Kier molecular flexibility index (Phi) is 4.52. The van der Waals surface area contributed by atoms with Gasteiger partial charge in [0, 0.05) is 5.92 Å². The summed E-state index contributed by atoms with van der Waals surface area (Å²) in [5.41, 5.74) is 1.18. The summed E-state index contributed by atoms with van der Waals surface area (Å²) in [4.78, 5) is 11.3. The van der Waals surface area contributed by atoms with Crippen LogP contribution in [0.15, 0.2) is 42.5 Å². The normalized spacial score (nSPS) is 12.5. The molecule has 1 unspecified atom stereocenters. The summed E-state index contributed by atoms with van der Waals surface area (Å²) in [6.45, 7) is 2.19. The predicted molar refractivity (Wildman–Crippen MR) is 76.9 cm³/mol. The predicted octanol–water partition coefficient (Wildman–Crippen LogP) is 4.70. The molecule has 94 valence electrons. The van der Waals surface area contributed by atoms with Crippen molar-refractivity contribution in [3.8, 4) is 0 Å². The number of fused-ring (bicyclic) bond motifs is 1. The highest BCUT2D eigenvalue weighted by Gasteiger charge is 2.12. The summed E-state index contributed by atoms with van der Waals surface area (Å²) in [6, 6.07) is 14.5. The van der Waals surface area contributed by atoms with Crippen molar-refractivity contribution in [2.24, 2.45) is 0 Å². The molecule has 0 fully saturated rings. The van der Waals surface area contributed by atoms with Gasteiger partial charge in [0.1, 0.15) is 6.29 Å². The molecule has 0 heterocycles. The Labute approximate surface area is 109 Å². The lowest BCUT2D eigenvalue weighted by Gasteiger charge is -2.13. The summed E-state index contributed by atoms with van der Waals surface area (Å²) in [5, 5.41) is 2.44. The molecule has 0 radical (unpaired) electrons. The third-order valence-corrected chi connectivity index (χ3v) is 3.51. The van der Waals surface area contributed by atoms with E-state index in [9.17, 15) is 4.79 Å². The molecular weight excluding hydrogens is 220 g/mol. The van der Waals surface area contributed by atoms with Crippen LogP contribution in [0.5, 0.6) is 0 Å². The Balaban J connectivity index is 2.30. The first-order valence-electron chi connectivity index (χ1n) is 6.79. The number of rotatable bonds is 6. The number of aldehydes is 1. The van der Waals surface area contributed by atoms with E-state index < -0.39 is 0 Å². The van der Waals surface area contributed by atoms with Gasteiger partial charge in [-0.3, -0.25) is 0 Å². The number of unbranched alkanes of at least 4 members (excludes halogenated alkanes) is 2. The van der Waals surface area contributed by atoms with Crippen LogP contribution in [-0.4, -0.2) is 6.29 Å². The maximum absolute atomic E-state index is 11.3. The quantitative estimate of drug-likeness (QED) is 0.528. The lowest BCUT2D eigenvalue weighted by Crippen LogP contribution is -2.01. The third kappa shape index (κ3) is 2.79. The van der Waals surface area contributed by atoms with Gasteiger partial charge in [0.2, 0.25) is 0 Å². The standard InChI is InChI=1S/C17H20O/c1-2-3-4-9-15(13-18)17-12-7-10-14-8-5-6-11-16(14)17/h5-8,10-13,15H,2-4,9H2,1H3. The van der Waals surface area contributed by atoms with E-state index in [2.05, 4.69) is 31.2 Å². The van der Waals surface area contributed by atoms with Crippen LogP contribution in [0.4, 0.5) is 0 Å². The molecule has 0 N–H and O–H groups in total. The minimum absolute atomic E-state index is 0.0441. The molecule has 2 aromatic rings.